The molecule has 5 nitrogen and oxygen atoms in total. The van der Waals surface area contributed by atoms with Gasteiger partial charge in [0.05, 0.1) is 5.69 Å². The maximum atomic E-state index is 12.8. The highest BCUT2D eigenvalue weighted by molar-refractivity contribution is 5.97. The molecule has 146 valence electrons. The summed E-state index contributed by atoms with van der Waals surface area (Å²) in [4.78, 5) is 26.1. The number of nitrogens with one attached hydrogen (secondary N) is 1. The van der Waals surface area contributed by atoms with Gasteiger partial charge in [0.25, 0.3) is 0 Å². The third kappa shape index (κ3) is 3.33. The van der Waals surface area contributed by atoms with Crippen molar-refractivity contribution in [1.82, 2.24) is 0 Å². The Hall–Kier alpha value is -3.34. The van der Waals surface area contributed by atoms with Gasteiger partial charge >= 0.3 is 6.03 Å². The molecule has 1 saturated carbocycles. The fourth-order valence-electron chi connectivity index (χ4n) is 4.41. The molecule has 2 unspecified atom stereocenters. The van der Waals surface area contributed by atoms with E-state index in [-0.39, 0.29) is 17.7 Å². The maximum Gasteiger partial charge on any atom is 0.319 e. The number of nitrogens with two attached hydrogens (primary N) is 1. The van der Waals surface area contributed by atoms with Crippen molar-refractivity contribution in [3.63, 3.8) is 0 Å². The van der Waals surface area contributed by atoms with Crippen molar-refractivity contribution in [3.05, 3.63) is 71.8 Å². The van der Waals surface area contributed by atoms with Crippen LogP contribution in [0.15, 0.2) is 60.7 Å². The van der Waals surface area contributed by atoms with E-state index in [1.165, 1.54) is 16.3 Å². The molecule has 1 aliphatic heterocycles. The number of benzene rings is 3. The number of aryl methyl sites for hydroxylation is 1. The molecule has 3 aromatic rings. The fraction of sp³-hybridized carbons (Fsp3) is 0.250. The highest BCUT2D eigenvalue weighted by Crippen LogP contribution is 2.48. The van der Waals surface area contributed by atoms with Crippen LogP contribution in [0.2, 0.25) is 0 Å². The number of carbonyl (C=O) groups excluding carboxylic acids is 2. The molecule has 3 N–H and O–H groups in total. The van der Waals surface area contributed by atoms with Crippen LogP contribution in [-0.2, 0) is 11.2 Å². The van der Waals surface area contributed by atoms with Crippen molar-refractivity contribution in [2.45, 2.75) is 25.2 Å². The van der Waals surface area contributed by atoms with Gasteiger partial charge in [0.15, 0.2) is 0 Å². The average molecular weight is 385 g/mol. The molecule has 0 bridgehead atoms. The molecule has 2 aliphatic rings. The predicted molar refractivity (Wildman–Crippen MR) is 115 cm³/mol. The van der Waals surface area contributed by atoms with Crippen LogP contribution < -0.4 is 16.0 Å². The summed E-state index contributed by atoms with van der Waals surface area (Å²) in [6.45, 7) is 0.617. The standard InChI is InChI=1S/C24H23N3O2/c25-24(29)27-11-3-6-16-9-10-19(13-22(16)27)26-23(28)21-14-20(21)18-8-7-15-4-1-2-5-17(15)12-18/h1-2,4-5,7-10,12-13,20-21H,3,6,11,14H2,(H2,25,29)(H,26,28). The van der Waals surface area contributed by atoms with E-state index < -0.39 is 6.03 Å². The highest BCUT2D eigenvalue weighted by atomic mass is 16.2. The number of urea groups is 1. The third-order valence-electron chi connectivity index (χ3n) is 6.07. The molecule has 0 spiro atoms. The normalized spacial score (nSPS) is 20.2. The number of carbonyl (C=O) groups is 2. The van der Waals surface area contributed by atoms with E-state index in [2.05, 4.69) is 35.6 Å². The first-order chi connectivity index (χ1) is 14.1. The van der Waals surface area contributed by atoms with Crippen LogP contribution in [0.4, 0.5) is 16.2 Å². The number of rotatable bonds is 3. The van der Waals surface area contributed by atoms with Crippen molar-refractivity contribution in [2.24, 2.45) is 11.7 Å². The van der Waals surface area contributed by atoms with Crippen LogP contribution in [0, 0.1) is 5.92 Å². The minimum Gasteiger partial charge on any atom is -0.351 e. The van der Waals surface area contributed by atoms with Gasteiger partial charge in [0.2, 0.25) is 5.91 Å². The number of nitrogens with zero attached hydrogens (tertiary/aromatic N) is 1. The molecular formula is C24H23N3O2. The Bertz CT molecular complexity index is 1120. The van der Waals surface area contributed by atoms with E-state index in [0.717, 1.165) is 30.5 Å². The number of hydrogen-bond acceptors (Lipinski definition) is 2. The molecule has 0 radical (unpaired) electrons. The molecule has 2 atom stereocenters. The van der Waals surface area contributed by atoms with Crippen molar-refractivity contribution in [3.8, 4) is 0 Å². The Kier molecular flexibility index (Phi) is 4.23. The van der Waals surface area contributed by atoms with Crippen molar-refractivity contribution in [2.75, 3.05) is 16.8 Å². The Morgan fingerprint density at radius 2 is 1.83 bits per heavy atom. The second-order valence-electron chi connectivity index (χ2n) is 7.98. The molecule has 0 saturated heterocycles. The van der Waals surface area contributed by atoms with Gasteiger partial charge in [0.1, 0.15) is 0 Å². The SMILES string of the molecule is NC(=O)N1CCCc2ccc(NC(=O)C3CC3c3ccc4ccccc4c3)cc21. The molecule has 0 aromatic heterocycles. The zero-order valence-electron chi connectivity index (χ0n) is 16.1. The van der Waals surface area contributed by atoms with Crippen LogP contribution in [-0.4, -0.2) is 18.5 Å². The lowest BCUT2D eigenvalue weighted by Crippen LogP contribution is -2.39. The second-order valence-corrected chi connectivity index (χ2v) is 7.98. The fourth-order valence-corrected chi connectivity index (χ4v) is 4.41. The first kappa shape index (κ1) is 17.7. The maximum absolute atomic E-state index is 12.8. The zero-order valence-corrected chi connectivity index (χ0v) is 16.1. The van der Waals surface area contributed by atoms with E-state index in [1.807, 2.05) is 30.3 Å². The van der Waals surface area contributed by atoms with Gasteiger partial charge in [-0.15, -0.1) is 0 Å². The molecule has 29 heavy (non-hydrogen) atoms. The summed E-state index contributed by atoms with van der Waals surface area (Å²) in [5.41, 5.74) is 9.34. The van der Waals surface area contributed by atoms with Gasteiger partial charge in [-0.1, -0.05) is 48.5 Å². The van der Waals surface area contributed by atoms with E-state index in [4.69, 9.17) is 5.73 Å². The first-order valence-electron chi connectivity index (χ1n) is 10.1. The summed E-state index contributed by atoms with van der Waals surface area (Å²) >= 11 is 0. The molecule has 3 aromatic carbocycles. The molecule has 5 heteroatoms. The monoisotopic (exact) mass is 385 g/mol. The highest BCUT2D eigenvalue weighted by Gasteiger charge is 2.44. The Labute approximate surface area is 169 Å². The minimum absolute atomic E-state index is 0.0144. The van der Waals surface area contributed by atoms with E-state index in [0.29, 0.717) is 12.2 Å². The Morgan fingerprint density at radius 1 is 1.00 bits per heavy atom. The van der Waals surface area contributed by atoms with Gasteiger partial charge in [-0.3, -0.25) is 9.69 Å². The molecule has 5 rings (SSSR count). The number of primary amides is 1. The summed E-state index contributed by atoms with van der Waals surface area (Å²) in [6.07, 6.45) is 2.68. The van der Waals surface area contributed by atoms with Gasteiger partial charge in [0, 0.05) is 18.2 Å². The number of fused-ring (bicyclic) bond motifs is 2. The molecule has 1 aliphatic carbocycles. The van der Waals surface area contributed by atoms with Crippen molar-refractivity contribution in [1.29, 1.82) is 0 Å². The van der Waals surface area contributed by atoms with Crippen LogP contribution in [0.5, 0.6) is 0 Å². The Morgan fingerprint density at radius 3 is 2.66 bits per heavy atom. The summed E-state index contributed by atoms with van der Waals surface area (Å²) in [5, 5.41) is 5.45. The quantitative estimate of drug-likeness (QED) is 0.701. The lowest BCUT2D eigenvalue weighted by molar-refractivity contribution is -0.117. The van der Waals surface area contributed by atoms with E-state index >= 15 is 0 Å². The smallest absolute Gasteiger partial charge is 0.319 e. The molecule has 1 fully saturated rings. The summed E-state index contributed by atoms with van der Waals surface area (Å²) in [5.74, 6) is 0.281. The van der Waals surface area contributed by atoms with Crippen LogP contribution >= 0.6 is 0 Å². The van der Waals surface area contributed by atoms with Gasteiger partial charge in [-0.25, -0.2) is 4.79 Å². The number of hydrogen-bond donors (Lipinski definition) is 2. The van der Waals surface area contributed by atoms with Crippen LogP contribution in [0.3, 0.4) is 0 Å². The predicted octanol–water partition coefficient (Wildman–Crippen LogP) is 4.41. The topological polar surface area (TPSA) is 75.4 Å². The van der Waals surface area contributed by atoms with Gasteiger partial charge < -0.3 is 11.1 Å². The Balaban J connectivity index is 1.31. The number of anilines is 2. The van der Waals surface area contributed by atoms with Crippen LogP contribution in [0.1, 0.15) is 29.9 Å². The third-order valence-corrected chi connectivity index (χ3v) is 6.07. The van der Waals surface area contributed by atoms with Gasteiger partial charge in [-0.05, 0) is 59.2 Å². The average Bonchev–Trinajstić information content (AvgIpc) is 3.54. The zero-order chi connectivity index (χ0) is 20.0. The molecule has 3 amide bonds. The number of amides is 3. The first-order valence-corrected chi connectivity index (χ1v) is 10.1. The lowest BCUT2D eigenvalue weighted by Gasteiger charge is -2.28. The minimum atomic E-state index is -0.451. The summed E-state index contributed by atoms with van der Waals surface area (Å²) in [6, 6.07) is 20.0. The summed E-state index contributed by atoms with van der Waals surface area (Å²) in [7, 11) is 0. The molecular weight excluding hydrogens is 362 g/mol. The van der Waals surface area contributed by atoms with Gasteiger partial charge in [-0.2, -0.15) is 0 Å². The van der Waals surface area contributed by atoms with Crippen molar-refractivity contribution >= 4 is 34.1 Å². The summed E-state index contributed by atoms with van der Waals surface area (Å²) < 4.78 is 0. The van der Waals surface area contributed by atoms with E-state index in [9.17, 15) is 9.59 Å². The second kappa shape index (κ2) is 6.92. The largest absolute Gasteiger partial charge is 0.351 e. The van der Waals surface area contributed by atoms with Crippen LogP contribution in [0.25, 0.3) is 10.8 Å². The molecule has 1 heterocycles. The lowest BCUT2D eigenvalue weighted by atomic mass is 10.0. The van der Waals surface area contributed by atoms with E-state index in [1.54, 1.807) is 4.90 Å². The van der Waals surface area contributed by atoms with Crippen molar-refractivity contribution < 1.29 is 9.59 Å².